The van der Waals surface area contributed by atoms with Gasteiger partial charge in [0, 0.05) is 18.2 Å². The van der Waals surface area contributed by atoms with Gasteiger partial charge in [-0.1, -0.05) is 133 Å². The molecule has 3 aliphatic rings. The van der Waals surface area contributed by atoms with E-state index in [0.29, 0.717) is 32.8 Å². The molecule has 1 saturated heterocycles. The van der Waals surface area contributed by atoms with E-state index in [1.165, 1.54) is 47.9 Å². The standard InChI is InChI=1S/C57H55N7O14S/c1-34(65)74-30-40-32-79-51-45(50(68)63(51)46(40)54(71)77-48(38-21-13-7-14-22-38)39-23-15-8-16-24-39)60-49(67)44(61-55(72)62-29-43(66)59-33-62)35-25-27-41(28-26-35)64(58)56(73)75-31-42(53(70)78-57(2,3)4)52(69)76-47(36-17-9-5-10-18-36)37-19-11-6-12-20-37/h5-28,42,44-45,47-48,51,59H,29-32,58H2,1-4H3,(H,60,67)(H,61,72)/t42-,44-,45-,51-/m1/s1. The molecular weight excluding hydrogens is 1040 g/mol. The molecule has 0 aliphatic carbocycles. The molecule has 0 aromatic heterocycles. The molecule has 5 N–H and O–H groups in total. The number of ether oxygens (including phenoxy) is 5. The Bertz CT molecular complexity index is 3080. The summed E-state index contributed by atoms with van der Waals surface area (Å²) in [7, 11) is 0. The second-order valence-electron chi connectivity index (χ2n) is 19.1. The number of hydrogen-bond acceptors (Lipinski definition) is 16. The highest BCUT2D eigenvalue weighted by atomic mass is 32.2. The zero-order chi connectivity index (χ0) is 56.4. The van der Waals surface area contributed by atoms with Gasteiger partial charge in [0.25, 0.3) is 5.91 Å². The van der Waals surface area contributed by atoms with E-state index in [9.17, 15) is 43.2 Å². The van der Waals surface area contributed by atoms with Crippen LogP contribution in [0.5, 0.6) is 0 Å². The molecule has 0 saturated carbocycles. The summed E-state index contributed by atoms with van der Waals surface area (Å²) in [4.78, 5) is 126. The minimum absolute atomic E-state index is 0.0131. The van der Waals surface area contributed by atoms with Crippen molar-refractivity contribution in [3.05, 3.63) is 185 Å². The first-order valence-corrected chi connectivity index (χ1v) is 25.8. The van der Waals surface area contributed by atoms with Crippen molar-refractivity contribution in [1.29, 1.82) is 0 Å². The van der Waals surface area contributed by atoms with Gasteiger partial charge in [-0.2, -0.15) is 0 Å². The zero-order valence-electron chi connectivity index (χ0n) is 43.2. The maximum Gasteiger partial charge on any atom is 0.428 e. The molecule has 5 aromatic rings. The summed E-state index contributed by atoms with van der Waals surface area (Å²) in [5, 5.41) is 4.97. The van der Waals surface area contributed by atoms with Crippen LogP contribution in [0.3, 0.4) is 0 Å². The van der Waals surface area contributed by atoms with Crippen LogP contribution in [0.25, 0.3) is 0 Å². The van der Waals surface area contributed by atoms with Gasteiger partial charge < -0.3 is 44.1 Å². The first-order chi connectivity index (χ1) is 37.9. The fourth-order valence-electron chi connectivity index (χ4n) is 8.48. The first kappa shape index (κ1) is 56.1. The number of hydrogen-bond donors (Lipinski definition) is 4. The molecular formula is C57H55N7O14S. The van der Waals surface area contributed by atoms with E-state index in [-0.39, 0.29) is 29.3 Å². The van der Waals surface area contributed by atoms with Crippen molar-refractivity contribution in [1.82, 2.24) is 20.4 Å². The number of β-lactam (4-membered cyclic amide) rings is 1. The van der Waals surface area contributed by atoms with Crippen LogP contribution in [0.15, 0.2) is 157 Å². The molecule has 8 rings (SSSR count). The number of carbonyl (C=O) groups excluding carboxylic acids is 9. The average molecular weight is 1090 g/mol. The van der Waals surface area contributed by atoms with Gasteiger partial charge >= 0.3 is 36.0 Å². The lowest BCUT2D eigenvalue weighted by atomic mass is 10.00. The maximum atomic E-state index is 14.4. The van der Waals surface area contributed by atoms with Crippen molar-refractivity contribution in [2.45, 2.75) is 63.0 Å². The Kier molecular flexibility index (Phi) is 17.7. The van der Waals surface area contributed by atoms with E-state index in [1.807, 2.05) is 12.1 Å². The first-order valence-electron chi connectivity index (χ1n) is 24.8. The number of urea groups is 1. The molecule has 0 spiro atoms. The Labute approximate surface area is 458 Å². The minimum Gasteiger partial charge on any atom is -0.461 e. The number of nitrogens with one attached hydrogen (secondary N) is 3. The van der Waals surface area contributed by atoms with Gasteiger partial charge in [0.05, 0.1) is 5.69 Å². The fourth-order valence-corrected chi connectivity index (χ4v) is 9.80. The monoisotopic (exact) mass is 1090 g/mol. The second kappa shape index (κ2) is 24.9. The van der Waals surface area contributed by atoms with E-state index < -0.39 is 108 Å². The zero-order valence-corrected chi connectivity index (χ0v) is 44.0. The van der Waals surface area contributed by atoms with Crippen molar-refractivity contribution < 1.29 is 71.8 Å². The summed E-state index contributed by atoms with van der Waals surface area (Å²) in [5.41, 5.74) is 1.71. The van der Waals surface area contributed by atoms with Crippen LogP contribution in [0.1, 0.15) is 73.8 Å². The summed E-state index contributed by atoms with van der Waals surface area (Å²) in [6.07, 6.45) is -0.647. The Balaban J connectivity index is 0.987. The average Bonchev–Trinajstić information content (AvgIpc) is 3.98. The lowest BCUT2D eigenvalue weighted by Gasteiger charge is -2.50. The van der Waals surface area contributed by atoms with Crippen molar-refractivity contribution >= 4 is 77.5 Å². The van der Waals surface area contributed by atoms with Gasteiger partial charge in [-0.05, 0) is 60.7 Å². The number of hydrazine groups is 1. The number of amides is 6. The molecule has 79 heavy (non-hydrogen) atoms. The molecule has 21 nitrogen and oxygen atoms in total. The van der Waals surface area contributed by atoms with Crippen molar-refractivity contribution in [2.24, 2.45) is 11.8 Å². The van der Waals surface area contributed by atoms with Crippen molar-refractivity contribution in [2.75, 3.05) is 30.5 Å². The number of benzene rings is 5. The van der Waals surface area contributed by atoms with Crippen LogP contribution in [0.4, 0.5) is 15.3 Å². The lowest BCUT2D eigenvalue weighted by Crippen LogP contribution is -2.71. The van der Waals surface area contributed by atoms with E-state index >= 15 is 0 Å². The Morgan fingerprint density at radius 3 is 1.76 bits per heavy atom. The SMILES string of the molecule is CC(=O)OCC1=C(C(=O)OC(c2ccccc2)c2ccccc2)N2C(=O)[C@@H](NC(=O)[C@H](NC(=O)N3[C-]=[NH+]C(=O)C3)c3ccc(N(N)C(=O)OC[C@H](C(=O)OC(c4ccccc4)c4ccccc4)C(=O)OC(C)(C)C)cc3)[C@H]2SC1. The van der Waals surface area contributed by atoms with Crippen LogP contribution in [0, 0.1) is 5.92 Å². The Hall–Kier alpha value is -9.15. The summed E-state index contributed by atoms with van der Waals surface area (Å²) in [5.74, 6) is -1.15. The maximum absolute atomic E-state index is 14.4. The molecule has 4 atom stereocenters. The van der Waals surface area contributed by atoms with Crippen LogP contribution < -0.4 is 26.5 Å². The number of anilines is 1. The third-order valence-corrected chi connectivity index (χ3v) is 13.7. The van der Waals surface area contributed by atoms with Crippen LogP contribution in [0.2, 0.25) is 0 Å². The van der Waals surface area contributed by atoms with E-state index in [2.05, 4.69) is 22.0 Å². The van der Waals surface area contributed by atoms with Gasteiger partial charge in [-0.3, -0.25) is 38.6 Å². The molecule has 0 radical (unpaired) electrons. The molecule has 408 valence electrons. The highest BCUT2D eigenvalue weighted by Crippen LogP contribution is 2.42. The van der Waals surface area contributed by atoms with E-state index in [4.69, 9.17) is 29.5 Å². The summed E-state index contributed by atoms with van der Waals surface area (Å²) < 4.78 is 28.4. The number of fused-ring (bicyclic) bond motifs is 1. The Morgan fingerprint density at radius 1 is 0.734 bits per heavy atom. The number of rotatable bonds is 18. The van der Waals surface area contributed by atoms with Crippen molar-refractivity contribution in [3.63, 3.8) is 0 Å². The van der Waals surface area contributed by atoms with Gasteiger partial charge in [-0.15, -0.1) is 11.8 Å². The molecule has 6 amide bonds. The topological polar surface area (TPSA) is 274 Å². The molecule has 3 aliphatic heterocycles. The lowest BCUT2D eigenvalue weighted by molar-refractivity contribution is -0.365. The van der Waals surface area contributed by atoms with Gasteiger partial charge in [0.1, 0.15) is 48.5 Å². The quantitative estimate of drug-likeness (QED) is 0.0142. The number of carbonyl (C=O) groups is 9. The molecule has 0 bridgehead atoms. The van der Waals surface area contributed by atoms with Crippen LogP contribution in [-0.2, 0) is 57.2 Å². The van der Waals surface area contributed by atoms with Crippen molar-refractivity contribution in [3.8, 4) is 0 Å². The van der Waals surface area contributed by atoms with Gasteiger partial charge in [0.2, 0.25) is 18.2 Å². The normalized spacial score (nSPS) is 16.5. The highest BCUT2D eigenvalue weighted by molar-refractivity contribution is 8.00. The number of nitrogens with two attached hydrogens (primary N) is 1. The fraction of sp³-hybridized carbons (Fsp3) is 0.263. The minimum atomic E-state index is -1.75. The van der Waals surface area contributed by atoms with Gasteiger partial charge in [0.15, 0.2) is 18.1 Å². The third kappa shape index (κ3) is 13.7. The highest BCUT2D eigenvalue weighted by Gasteiger charge is 2.55. The molecule has 0 unspecified atom stereocenters. The molecule has 22 heteroatoms. The number of esters is 4. The predicted octanol–water partition coefficient (Wildman–Crippen LogP) is 3.92. The predicted molar refractivity (Wildman–Crippen MR) is 283 cm³/mol. The van der Waals surface area contributed by atoms with Gasteiger partial charge in [-0.25, -0.2) is 20.4 Å². The molecule has 1 fully saturated rings. The largest absolute Gasteiger partial charge is 0.461 e. The number of nitrogens with zero attached hydrogens (tertiary/aromatic N) is 3. The molecule has 5 aromatic carbocycles. The van der Waals surface area contributed by atoms with Crippen LogP contribution >= 0.6 is 11.8 Å². The van der Waals surface area contributed by atoms with E-state index in [0.717, 1.165) is 4.90 Å². The smallest absolute Gasteiger partial charge is 0.428 e. The van der Waals surface area contributed by atoms with E-state index in [1.54, 1.807) is 130 Å². The Morgan fingerprint density at radius 2 is 1.27 bits per heavy atom. The third-order valence-electron chi connectivity index (χ3n) is 12.3. The molecule has 3 heterocycles. The number of thioether (sulfide) groups is 1. The summed E-state index contributed by atoms with van der Waals surface area (Å²) in [6.45, 7) is 4.44. The summed E-state index contributed by atoms with van der Waals surface area (Å²) >= 11 is 1.19. The summed E-state index contributed by atoms with van der Waals surface area (Å²) in [6, 6.07) is 37.2. The van der Waals surface area contributed by atoms with Crippen LogP contribution in [-0.4, -0.2) is 112 Å². The second-order valence-corrected chi connectivity index (χ2v) is 20.2.